The van der Waals surface area contributed by atoms with Crippen LogP contribution in [0.1, 0.15) is 0 Å². The van der Waals surface area contributed by atoms with E-state index in [4.69, 9.17) is 0 Å². The molecule has 0 aliphatic rings. The zero-order valence-corrected chi connectivity index (χ0v) is 24.8. The van der Waals surface area contributed by atoms with E-state index in [9.17, 15) is 0 Å². The van der Waals surface area contributed by atoms with Gasteiger partial charge in [-0.1, -0.05) is 115 Å². The molecule has 208 valence electrons. The Bertz CT molecular complexity index is 2180. The summed E-state index contributed by atoms with van der Waals surface area (Å²) in [7, 11) is 0. The number of nitrogens with zero attached hydrogens (tertiary/aromatic N) is 2. The van der Waals surface area contributed by atoms with Crippen LogP contribution in [0.2, 0.25) is 0 Å². The highest BCUT2D eigenvalue weighted by molar-refractivity contribution is 7.25. The number of aromatic nitrogens is 1. The Morgan fingerprint density at radius 1 is 0.386 bits per heavy atom. The molecule has 2 heterocycles. The lowest BCUT2D eigenvalue weighted by molar-refractivity contribution is 1.29. The van der Waals surface area contributed by atoms with Crippen LogP contribution in [-0.4, -0.2) is 4.98 Å². The smallest absolute Gasteiger partial charge is 0.0538 e. The van der Waals surface area contributed by atoms with Gasteiger partial charge in [0, 0.05) is 44.9 Å². The zero-order chi connectivity index (χ0) is 29.3. The van der Waals surface area contributed by atoms with E-state index in [0.717, 1.165) is 17.1 Å². The largest absolute Gasteiger partial charge is 0.310 e. The van der Waals surface area contributed by atoms with Crippen LogP contribution in [0.5, 0.6) is 0 Å². The fraction of sp³-hybridized carbons (Fsp3) is 0. The number of pyridine rings is 1. The molecule has 44 heavy (non-hydrogen) atoms. The normalized spacial score (nSPS) is 11.2. The predicted molar refractivity (Wildman–Crippen MR) is 188 cm³/mol. The zero-order valence-electron chi connectivity index (χ0n) is 24.0. The van der Waals surface area contributed by atoms with Gasteiger partial charge in [0.1, 0.15) is 0 Å². The third kappa shape index (κ3) is 4.94. The van der Waals surface area contributed by atoms with E-state index in [2.05, 4.69) is 168 Å². The number of rotatable bonds is 6. The van der Waals surface area contributed by atoms with Gasteiger partial charge in [-0.15, -0.1) is 11.3 Å². The lowest BCUT2D eigenvalue weighted by Gasteiger charge is -2.26. The van der Waals surface area contributed by atoms with Gasteiger partial charge >= 0.3 is 0 Å². The lowest BCUT2D eigenvalue weighted by atomic mass is 10.00. The molecule has 0 N–H and O–H groups in total. The van der Waals surface area contributed by atoms with Gasteiger partial charge in [0.15, 0.2) is 0 Å². The van der Waals surface area contributed by atoms with E-state index in [1.54, 1.807) is 11.3 Å². The van der Waals surface area contributed by atoms with Crippen LogP contribution in [-0.2, 0) is 0 Å². The quantitative estimate of drug-likeness (QED) is 0.194. The topological polar surface area (TPSA) is 16.1 Å². The molecule has 0 unspecified atom stereocenters. The molecule has 8 aromatic rings. The number of hydrogen-bond acceptors (Lipinski definition) is 3. The van der Waals surface area contributed by atoms with Crippen LogP contribution in [0.3, 0.4) is 0 Å². The Morgan fingerprint density at radius 3 is 1.34 bits per heavy atom. The van der Waals surface area contributed by atoms with Crippen molar-refractivity contribution < 1.29 is 0 Å². The number of benzene rings is 6. The second-order valence-corrected chi connectivity index (χ2v) is 12.0. The monoisotopic (exact) mass is 580 g/mol. The van der Waals surface area contributed by atoms with Gasteiger partial charge in [0.25, 0.3) is 0 Å². The molecule has 0 spiro atoms. The average molecular weight is 581 g/mol. The van der Waals surface area contributed by atoms with Crippen molar-refractivity contribution in [2.45, 2.75) is 0 Å². The molecule has 3 heteroatoms. The molecule has 8 rings (SSSR count). The maximum atomic E-state index is 4.35. The molecule has 0 atom stereocenters. The molecule has 0 radical (unpaired) electrons. The van der Waals surface area contributed by atoms with Crippen LogP contribution >= 0.6 is 11.3 Å². The minimum absolute atomic E-state index is 1.12. The van der Waals surface area contributed by atoms with Gasteiger partial charge in [-0.05, 0) is 75.8 Å². The highest BCUT2D eigenvalue weighted by Crippen LogP contribution is 2.41. The van der Waals surface area contributed by atoms with Gasteiger partial charge in [0.05, 0.1) is 4.70 Å². The molecule has 2 aromatic heterocycles. The Labute approximate surface area is 261 Å². The van der Waals surface area contributed by atoms with E-state index in [1.165, 1.54) is 53.6 Å². The van der Waals surface area contributed by atoms with Crippen LogP contribution in [0.25, 0.3) is 53.6 Å². The van der Waals surface area contributed by atoms with Gasteiger partial charge in [-0.2, -0.15) is 0 Å². The van der Waals surface area contributed by atoms with E-state index in [1.807, 2.05) is 12.4 Å². The third-order valence-electron chi connectivity index (χ3n) is 8.20. The van der Waals surface area contributed by atoms with Gasteiger partial charge in [-0.3, -0.25) is 4.98 Å². The third-order valence-corrected chi connectivity index (χ3v) is 9.30. The Balaban J connectivity index is 1.18. The van der Waals surface area contributed by atoms with E-state index in [0.29, 0.717) is 0 Å². The lowest BCUT2D eigenvalue weighted by Crippen LogP contribution is -2.09. The molecular weight excluding hydrogens is 553 g/mol. The Kier molecular flexibility index (Phi) is 6.71. The first-order valence-corrected chi connectivity index (χ1v) is 15.6. The number of anilines is 3. The first-order valence-electron chi connectivity index (χ1n) is 14.8. The van der Waals surface area contributed by atoms with Crippen molar-refractivity contribution in [3.8, 4) is 33.4 Å². The fourth-order valence-electron chi connectivity index (χ4n) is 5.93. The molecule has 0 saturated carbocycles. The molecule has 0 aliphatic carbocycles. The minimum atomic E-state index is 1.12. The van der Waals surface area contributed by atoms with Crippen LogP contribution in [0.15, 0.2) is 170 Å². The van der Waals surface area contributed by atoms with Crippen LogP contribution in [0, 0.1) is 0 Å². The van der Waals surface area contributed by atoms with Crippen molar-refractivity contribution in [2.24, 2.45) is 0 Å². The van der Waals surface area contributed by atoms with Gasteiger partial charge in [0.2, 0.25) is 0 Å². The Morgan fingerprint density at radius 2 is 0.818 bits per heavy atom. The molecule has 0 bridgehead atoms. The Hall–Kier alpha value is -5.51. The highest BCUT2D eigenvalue weighted by atomic mass is 32.1. The van der Waals surface area contributed by atoms with Crippen molar-refractivity contribution in [2.75, 3.05) is 4.90 Å². The maximum Gasteiger partial charge on any atom is 0.0538 e. The van der Waals surface area contributed by atoms with E-state index < -0.39 is 0 Å². The molecule has 6 aromatic carbocycles. The van der Waals surface area contributed by atoms with Crippen molar-refractivity contribution in [3.63, 3.8) is 0 Å². The summed E-state index contributed by atoms with van der Waals surface area (Å²) < 4.78 is 2.47. The molecule has 0 aliphatic heterocycles. The summed E-state index contributed by atoms with van der Waals surface area (Å²) in [6.45, 7) is 0. The molecule has 0 fully saturated rings. The fourth-order valence-corrected chi connectivity index (χ4v) is 7.03. The first kappa shape index (κ1) is 26.1. The standard InChI is InChI=1S/C41H28N2S/c1-3-7-29(8-4-1)31-11-13-32(14-12-31)34-17-21-36(22-18-34)43(35-19-15-33(16-20-35)30-9-5-2-6-10-30)37-23-24-38-39-25-26-42-28-41(39)44-40(38)27-37/h1-28H. The molecule has 0 amide bonds. The second-order valence-electron chi connectivity index (χ2n) is 10.9. The first-order chi connectivity index (χ1) is 21.8. The van der Waals surface area contributed by atoms with Crippen molar-refractivity contribution in [1.29, 1.82) is 0 Å². The maximum absolute atomic E-state index is 4.35. The summed E-state index contributed by atoms with van der Waals surface area (Å²) in [6, 6.07) is 56.5. The summed E-state index contributed by atoms with van der Waals surface area (Å²) in [5.74, 6) is 0. The van der Waals surface area contributed by atoms with Crippen molar-refractivity contribution in [3.05, 3.63) is 170 Å². The van der Waals surface area contributed by atoms with Gasteiger partial charge < -0.3 is 4.90 Å². The summed E-state index contributed by atoms with van der Waals surface area (Å²) in [5.41, 5.74) is 10.6. The average Bonchev–Trinajstić information content (AvgIpc) is 3.48. The van der Waals surface area contributed by atoms with E-state index >= 15 is 0 Å². The predicted octanol–water partition coefficient (Wildman–Crippen LogP) is 11.9. The number of fused-ring (bicyclic) bond motifs is 3. The second kappa shape index (κ2) is 11.3. The van der Waals surface area contributed by atoms with Crippen LogP contribution < -0.4 is 4.90 Å². The minimum Gasteiger partial charge on any atom is -0.310 e. The van der Waals surface area contributed by atoms with E-state index in [-0.39, 0.29) is 0 Å². The molecule has 0 saturated heterocycles. The molecule has 2 nitrogen and oxygen atoms in total. The van der Waals surface area contributed by atoms with Crippen molar-refractivity contribution >= 4 is 48.6 Å². The number of thiophene rings is 1. The van der Waals surface area contributed by atoms with Gasteiger partial charge in [-0.25, -0.2) is 0 Å². The summed E-state index contributed by atoms with van der Waals surface area (Å²) in [5, 5.41) is 2.53. The summed E-state index contributed by atoms with van der Waals surface area (Å²) in [4.78, 5) is 6.69. The van der Waals surface area contributed by atoms with Crippen molar-refractivity contribution in [1.82, 2.24) is 4.98 Å². The number of hydrogen-bond donors (Lipinski definition) is 0. The van der Waals surface area contributed by atoms with Crippen LogP contribution in [0.4, 0.5) is 17.1 Å². The SMILES string of the molecule is c1ccc(-c2ccc(-c3ccc(N(c4ccc(-c5ccccc5)cc4)c4ccc5c(c4)sc4cnccc45)cc3)cc2)cc1. The highest BCUT2D eigenvalue weighted by Gasteiger charge is 2.15. The molecular formula is C41H28N2S. The summed E-state index contributed by atoms with van der Waals surface area (Å²) >= 11 is 1.79. The summed E-state index contributed by atoms with van der Waals surface area (Å²) in [6.07, 6.45) is 3.84.